The van der Waals surface area contributed by atoms with Crippen LogP contribution in [-0.4, -0.2) is 29.5 Å². The highest BCUT2D eigenvalue weighted by molar-refractivity contribution is 6.32. The molecule has 0 aliphatic heterocycles. The second-order valence-corrected chi connectivity index (χ2v) is 3.77. The molecular formula is C10H8ClF3O4. The van der Waals surface area contributed by atoms with Gasteiger partial charge in [-0.15, -0.1) is 0 Å². The van der Waals surface area contributed by atoms with E-state index in [4.69, 9.17) is 16.7 Å². The fourth-order valence-electron chi connectivity index (χ4n) is 1.28. The van der Waals surface area contributed by atoms with E-state index in [-0.39, 0.29) is 0 Å². The van der Waals surface area contributed by atoms with Gasteiger partial charge >= 0.3 is 12.1 Å². The van der Waals surface area contributed by atoms with Gasteiger partial charge in [-0.1, -0.05) is 17.7 Å². The summed E-state index contributed by atoms with van der Waals surface area (Å²) < 4.78 is 42.4. The Morgan fingerprint density at radius 3 is 2.33 bits per heavy atom. The van der Waals surface area contributed by atoms with Crippen LogP contribution in [0.5, 0.6) is 5.75 Å². The van der Waals surface area contributed by atoms with Crippen LogP contribution < -0.4 is 0 Å². The van der Waals surface area contributed by atoms with Gasteiger partial charge in [0.15, 0.2) is 0 Å². The lowest BCUT2D eigenvalue weighted by Gasteiger charge is -2.28. The number of ether oxygens (including phenoxy) is 1. The van der Waals surface area contributed by atoms with Crippen molar-refractivity contribution in [3.05, 3.63) is 28.8 Å². The zero-order valence-corrected chi connectivity index (χ0v) is 9.71. The maximum Gasteiger partial charge on any atom is 0.432 e. The van der Waals surface area contributed by atoms with E-state index >= 15 is 0 Å². The van der Waals surface area contributed by atoms with E-state index in [1.165, 1.54) is 0 Å². The summed E-state index contributed by atoms with van der Waals surface area (Å²) in [6.07, 6.45) is -5.29. The van der Waals surface area contributed by atoms with Crippen molar-refractivity contribution in [2.75, 3.05) is 7.11 Å². The number of phenols is 1. The molecule has 0 aliphatic carbocycles. The van der Waals surface area contributed by atoms with E-state index in [0.29, 0.717) is 13.2 Å². The van der Waals surface area contributed by atoms with Crippen molar-refractivity contribution < 1.29 is 32.9 Å². The van der Waals surface area contributed by atoms with Crippen molar-refractivity contribution in [3.8, 4) is 5.75 Å². The molecule has 0 saturated carbocycles. The standard InChI is InChI=1S/C10H8ClF3O4/c1-18-8(16)9(17,10(12,13)14)5-2-3-7(15)6(11)4-5/h2-4,15,17H,1H3/t9-/m1/s1. The van der Waals surface area contributed by atoms with E-state index in [0.717, 1.165) is 12.1 Å². The van der Waals surface area contributed by atoms with Crippen LogP contribution >= 0.6 is 11.6 Å². The van der Waals surface area contributed by atoms with Crippen LogP contribution in [0.25, 0.3) is 0 Å². The molecule has 0 aromatic heterocycles. The Hall–Kier alpha value is -1.47. The van der Waals surface area contributed by atoms with Crippen LogP contribution in [0.2, 0.25) is 5.02 Å². The molecular weight excluding hydrogens is 277 g/mol. The first-order valence-electron chi connectivity index (χ1n) is 4.51. The van der Waals surface area contributed by atoms with E-state index in [1.807, 2.05) is 0 Å². The molecule has 1 rings (SSSR count). The highest BCUT2D eigenvalue weighted by Crippen LogP contribution is 2.41. The van der Waals surface area contributed by atoms with Gasteiger partial charge in [0, 0.05) is 5.56 Å². The zero-order valence-electron chi connectivity index (χ0n) is 8.95. The Morgan fingerprint density at radius 2 is 1.94 bits per heavy atom. The molecule has 0 amide bonds. The Labute approximate surface area is 105 Å². The summed E-state index contributed by atoms with van der Waals surface area (Å²) in [5, 5.41) is 18.2. The van der Waals surface area contributed by atoms with Crippen molar-refractivity contribution in [1.82, 2.24) is 0 Å². The third-order valence-corrected chi connectivity index (χ3v) is 2.56. The lowest BCUT2D eigenvalue weighted by Crippen LogP contribution is -2.49. The van der Waals surface area contributed by atoms with Gasteiger partial charge in [-0.2, -0.15) is 13.2 Å². The molecule has 0 bridgehead atoms. The molecule has 0 fully saturated rings. The fourth-order valence-corrected chi connectivity index (χ4v) is 1.46. The third kappa shape index (κ3) is 2.23. The number of carbonyl (C=O) groups excluding carboxylic acids is 1. The first-order valence-corrected chi connectivity index (χ1v) is 4.89. The van der Waals surface area contributed by atoms with Crippen LogP contribution in [0.1, 0.15) is 5.56 Å². The van der Waals surface area contributed by atoms with Crippen LogP contribution in [0.15, 0.2) is 18.2 Å². The molecule has 0 unspecified atom stereocenters. The topological polar surface area (TPSA) is 66.8 Å². The monoisotopic (exact) mass is 284 g/mol. The first kappa shape index (κ1) is 14.6. The Balaban J connectivity index is 3.45. The number of hydrogen-bond acceptors (Lipinski definition) is 4. The Bertz CT molecular complexity index is 475. The van der Waals surface area contributed by atoms with Gasteiger partial charge < -0.3 is 14.9 Å². The summed E-state index contributed by atoms with van der Waals surface area (Å²) in [5.41, 5.74) is -4.68. The minimum atomic E-state index is -5.29. The molecule has 0 spiro atoms. The van der Waals surface area contributed by atoms with Crippen molar-refractivity contribution in [2.24, 2.45) is 0 Å². The molecule has 18 heavy (non-hydrogen) atoms. The molecule has 2 N–H and O–H groups in total. The molecule has 0 saturated heterocycles. The Kier molecular flexibility index (Phi) is 3.78. The van der Waals surface area contributed by atoms with E-state index in [9.17, 15) is 23.1 Å². The molecule has 0 aliphatic rings. The minimum absolute atomic E-state index is 0.431. The van der Waals surface area contributed by atoms with Gasteiger partial charge in [0.2, 0.25) is 0 Å². The van der Waals surface area contributed by atoms with E-state index in [2.05, 4.69) is 4.74 Å². The van der Waals surface area contributed by atoms with Crippen molar-refractivity contribution >= 4 is 17.6 Å². The number of hydrogen-bond donors (Lipinski definition) is 2. The van der Waals surface area contributed by atoms with Gasteiger partial charge in [0.25, 0.3) is 5.60 Å². The number of esters is 1. The van der Waals surface area contributed by atoms with Crippen LogP contribution in [-0.2, 0) is 15.1 Å². The summed E-state index contributed by atoms with van der Waals surface area (Å²) in [5.74, 6) is -2.37. The molecule has 100 valence electrons. The largest absolute Gasteiger partial charge is 0.506 e. The van der Waals surface area contributed by atoms with Crippen LogP contribution in [0, 0.1) is 0 Å². The summed E-state index contributed by atoms with van der Waals surface area (Å²) in [6, 6.07) is 2.20. The second-order valence-electron chi connectivity index (χ2n) is 3.37. The summed E-state index contributed by atoms with van der Waals surface area (Å²) in [6.45, 7) is 0. The van der Waals surface area contributed by atoms with E-state index < -0.39 is 34.1 Å². The summed E-state index contributed by atoms with van der Waals surface area (Å²) in [7, 11) is 0.709. The predicted octanol–water partition coefficient (Wildman–Crippen LogP) is 1.97. The predicted molar refractivity (Wildman–Crippen MR) is 55.1 cm³/mol. The maximum absolute atomic E-state index is 12.8. The van der Waals surface area contributed by atoms with Gasteiger partial charge in [-0.25, -0.2) is 4.79 Å². The smallest absolute Gasteiger partial charge is 0.432 e. The number of carbonyl (C=O) groups is 1. The number of halogens is 4. The highest BCUT2D eigenvalue weighted by atomic mass is 35.5. The zero-order chi connectivity index (χ0) is 14.1. The van der Waals surface area contributed by atoms with Gasteiger partial charge in [0.05, 0.1) is 12.1 Å². The number of benzene rings is 1. The van der Waals surface area contributed by atoms with Gasteiger partial charge in [-0.05, 0) is 12.1 Å². The van der Waals surface area contributed by atoms with Crippen LogP contribution in [0.4, 0.5) is 13.2 Å². The minimum Gasteiger partial charge on any atom is -0.506 e. The van der Waals surface area contributed by atoms with Crippen molar-refractivity contribution in [1.29, 1.82) is 0 Å². The van der Waals surface area contributed by atoms with Crippen molar-refractivity contribution in [3.63, 3.8) is 0 Å². The Morgan fingerprint density at radius 1 is 1.39 bits per heavy atom. The molecule has 8 heteroatoms. The number of rotatable bonds is 2. The lowest BCUT2D eigenvalue weighted by molar-refractivity contribution is -0.266. The fraction of sp³-hybridized carbons (Fsp3) is 0.300. The molecule has 1 atom stereocenters. The lowest BCUT2D eigenvalue weighted by atomic mass is 9.93. The SMILES string of the molecule is COC(=O)[C@](O)(c1ccc(O)c(Cl)c1)C(F)(F)F. The molecule has 4 nitrogen and oxygen atoms in total. The van der Waals surface area contributed by atoms with Crippen molar-refractivity contribution in [2.45, 2.75) is 11.8 Å². The molecule has 0 heterocycles. The average molecular weight is 285 g/mol. The molecule has 0 radical (unpaired) electrons. The summed E-state index contributed by atoms with van der Waals surface area (Å²) >= 11 is 5.44. The normalized spacial score (nSPS) is 15.0. The first-order chi connectivity index (χ1) is 8.14. The number of alkyl halides is 3. The number of aliphatic hydroxyl groups is 1. The number of aromatic hydroxyl groups is 1. The van der Waals surface area contributed by atoms with E-state index in [1.54, 1.807) is 0 Å². The summed E-state index contributed by atoms with van der Waals surface area (Å²) in [4.78, 5) is 11.2. The second kappa shape index (κ2) is 4.66. The number of methoxy groups -OCH3 is 1. The average Bonchev–Trinajstić information content (AvgIpc) is 2.29. The third-order valence-electron chi connectivity index (χ3n) is 2.26. The highest BCUT2D eigenvalue weighted by Gasteiger charge is 2.62. The quantitative estimate of drug-likeness (QED) is 0.815. The maximum atomic E-state index is 12.8. The number of phenolic OH excluding ortho intramolecular Hbond substituents is 1. The van der Waals surface area contributed by atoms with Gasteiger partial charge in [0.1, 0.15) is 5.75 Å². The molecule has 1 aromatic carbocycles. The van der Waals surface area contributed by atoms with Gasteiger partial charge in [-0.3, -0.25) is 0 Å². The van der Waals surface area contributed by atoms with Crippen LogP contribution in [0.3, 0.4) is 0 Å². The molecule has 1 aromatic rings.